The van der Waals surface area contributed by atoms with Gasteiger partial charge in [-0.1, -0.05) is 38.1 Å². The lowest BCUT2D eigenvalue weighted by molar-refractivity contribution is -0.132. The minimum atomic E-state index is -1.39. The van der Waals surface area contributed by atoms with Crippen LogP contribution in [0.25, 0.3) is 0 Å². The maximum atomic E-state index is 12.3. The van der Waals surface area contributed by atoms with Crippen LogP contribution in [0.3, 0.4) is 0 Å². The molecule has 1 aromatic rings. The van der Waals surface area contributed by atoms with E-state index in [9.17, 15) is 19.8 Å². The molecule has 1 aliphatic carbocycles. The number of carbonyl (C=O) groups excluding carboxylic acids is 2. The van der Waals surface area contributed by atoms with Crippen molar-refractivity contribution >= 4 is 11.6 Å². The summed E-state index contributed by atoms with van der Waals surface area (Å²) in [5.41, 5.74) is 0.754. The lowest BCUT2D eigenvalue weighted by Gasteiger charge is -2.42. The first kappa shape index (κ1) is 18.4. The zero-order valence-electron chi connectivity index (χ0n) is 15.0. The van der Waals surface area contributed by atoms with Crippen LogP contribution >= 0.6 is 0 Å². The Labute approximate surface area is 143 Å². The van der Waals surface area contributed by atoms with Crippen LogP contribution in [0, 0.1) is 5.92 Å². The fourth-order valence-electron chi connectivity index (χ4n) is 3.79. The van der Waals surface area contributed by atoms with E-state index >= 15 is 0 Å². The van der Waals surface area contributed by atoms with Crippen LogP contribution in [0.5, 0.6) is 0 Å². The zero-order chi connectivity index (χ0) is 18.2. The average molecular weight is 330 g/mol. The first-order valence-corrected chi connectivity index (χ1v) is 8.32. The molecule has 3 unspecified atom stereocenters. The van der Waals surface area contributed by atoms with E-state index < -0.39 is 17.4 Å². The molecule has 0 saturated heterocycles. The van der Waals surface area contributed by atoms with Gasteiger partial charge in [0.25, 0.3) is 0 Å². The van der Waals surface area contributed by atoms with Crippen molar-refractivity contribution in [2.75, 3.05) is 0 Å². The standard InChI is InChI=1S/C20H26O4/c1-11(2)14-6-8-15(9-7-14)18-17(12(3)21)16(23)10-20(5,24)19(18)13(4)22/h6-9,11,18-19,23-24H,10H2,1-5H3. The van der Waals surface area contributed by atoms with Crippen LogP contribution in [-0.4, -0.2) is 27.4 Å². The van der Waals surface area contributed by atoms with E-state index in [1.54, 1.807) is 6.92 Å². The summed E-state index contributed by atoms with van der Waals surface area (Å²) in [6.45, 7) is 8.53. The number of aliphatic hydroxyl groups excluding tert-OH is 1. The summed E-state index contributed by atoms with van der Waals surface area (Å²) in [6, 6.07) is 7.70. The van der Waals surface area contributed by atoms with Crippen molar-refractivity contribution in [2.24, 2.45) is 5.92 Å². The molecule has 1 aromatic carbocycles. The van der Waals surface area contributed by atoms with Crippen LogP contribution in [-0.2, 0) is 9.59 Å². The minimum absolute atomic E-state index is 0.0905. The molecule has 3 atom stereocenters. The molecule has 1 aliphatic rings. The van der Waals surface area contributed by atoms with Gasteiger partial charge in [0, 0.05) is 17.9 Å². The summed E-state index contributed by atoms with van der Waals surface area (Å²) >= 11 is 0. The Morgan fingerprint density at radius 2 is 1.71 bits per heavy atom. The molecule has 0 bridgehead atoms. The number of hydrogen-bond donors (Lipinski definition) is 2. The van der Waals surface area contributed by atoms with Gasteiger partial charge in [0.2, 0.25) is 0 Å². The second-order valence-electron chi connectivity index (χ2n) is 7.34. The summed E-state index contributed by atoms with van der Waals surface area (Å²) < 4.78 is 0. The molecule has 0 aliphatic heterocycles. The minimum Gasteiger partial charge on any atom is -0.512 e. The summed E-state index contributed by atoms with van der Waals surface area (Å²) in [5, 5.41) is 21.1. The lowest BCUT2D eigenvalue weighted by atomic mass is 9.64. The second-order valence-corrected chi connectivity index (χ2v) is 7.34. The zero-order valence-corrected chi connectivity index (χ0v) is 15.0. The molecule has 0 amide bonds. The van der Waals surface area contributed by atoms with E-state index in [0.717, 1.165) is 11.1 Å². The highest BCUT2D eigenvalue weighted by Crippen LogP contribution is 2.47. The molecule has 2 N–H and O–H groups in total. The molecule has 0 aromatic heterocycles. The number of hydrogen-bond acceptors (Lipinski definition) is 4. The lowest BCUT2D eigenvalue weighted by Crippen LogP contribution is -2.47. The third-order valence-corrected chi connectivity index (χ3v) is 4.93. The Bertz CT molecular complexity index is 680. The normalized spacial score (nSPS) is 27.5. The van der Waals surface area contributed by atoms with Gasteiger partial charge in [-0.05, 0) is 37.8 Å². The largest absolute Gasteiger partial charge is 0.512 e. The predicted molar refractivity (Wildman–Crippen MR) is 93.0 cm³/mol. The van der Waals surface area contributed by atoms with Gasteiger partial charge >= 0.3 is 0 Å². The molecule has 130 valence electrons. The average Bonchev–Trinajstić information content (AvgIpc) is 2.44. The fraction of sp³-hybridized carbons (Fsp3) is 0.500. The van der Waals surface area contributed by atoms with Gasteiger partial charge in [-0.3, -0.25) is 9.59 Å². The first-order chi connectivity index (χ1) is 11.1. The summed E-state index contributed by atoms with van der Waals surface area (Å²) in [5.74, 6) is -1.62. The van der Waals surface area contributed by atoms with Gasteiger partial charge < -0.3 is 10.2 Å². The summed E-state index contributed by atoms with van der Waals surface area (Å²) in [7, 11) is 0. The van der Waals surface area contributed by atoms with E-state index in [1.165, 1.54) is 13.8 Å². The summed E-state index contributed by atoms with van der Waals surface area (Å²) in [4.78, 5) is 24.4. The fourth-order valence-corrected chi connectivity index (χ4v) is 3.79. The maximum absolute atomic E-state index is 12.3. The summed E-state index contributed by atoms with van der Waals surface area (Å²) in [6.07, 6.45) is -0.0905. The smallest absolute Gasteiger partial charge is 0.159 e. The molecule has 24 heavy (non-hydrogen) atoms. The quantitative estimate of drug-likeness (QED) is 0.883. The van der Waals surface area contributed by atoms with Gasteiger partial charge in [0.1, 0.15) is 11.5 Å². The topological polar surface area (TPSA) is 74.6 Å². The number of rotatable bonds is 4. The maximum Gasteiger partial charge on any atom is 0.159 e. The Morgan fingerprint density at radius 3 is 2.12 bits per heavy atom. The van der Waals surface area contributed by atoms with Gasteiger partial charge in [0.05, 0.1) is 11.5 Å². The molecule has 0 spiro atoms. The van der Waals surface area contributed by atoms with Crippen LogP contribution in [0.1, 0.15) is 64.0 Å². The van der Waals surface area contributed by atoms with Crippen molar-refractivity contribution in [1.82, 2.24) is 0 Å². The van der Waals surface area contributed by atoms with Crippen molar-refractivity contribution in [3.8, 4) is 0 Å². The Kier molecular flexibility index (Phi) is 5.00. The van der Waals surface area contributed by atoms with E-state index in [4.69, 9.17) is 0 Å². The molecule has 4 nitrogen and oxygen atoms in total. The Balaban J connectivity index is 2.64. The third-order valence-electron chi connectivity index (χ3n) is 4.93. The highest BCUT2D eigenvalue weighted by molar-refractivity contribution is 5.97. The SMILES string of the molecule is CC(=O)C1=C(O)CC(C)(O)C(C(C)=O)C1c1ccc(C(C)C)cc1. The van der Waals surface area contributed by atoms with Crippen molar-refractivity contribution in [3.63, 3.8) is 0 Å². The molecule has 0 radical (unpaired) electrons. The predicted octanol–water partition coefficient (Wildman–Crippen LogP) is 3.65. The highest BCUT2D eigenvalue weighted by atomic mass is 16.3. The number of ketones is 2. The number of allylic oxidation sites excluding steroid dienone is 1. The number of benzene rings is 1. The van der Waals surface area contributed by atoms with Crippen LogP contribution < -0.4 is 0 Å². The molecular formula is C20H26O4. The van der Waals surface area contributed by atoms with Crippen molar-refractivity contribution in [3.05, 3.63) is 46.7 Å². The number of Topliss-reactive ketones (excluding diaryl/α,β-unsaturated/α-hetero) is 2. The van der Waals surface area contributed by atoms with Crippen molar-refractivity contribution < 1.29 is 19.8 Å². The molecule has 0 heterocycles. The van der Waals surface area contributed by atoms with Gasteiger partial charge in [0.15, 0.2) is 5.78 Å². The van der Waals surface area contributed by atoms with E-state index in [-0.39, 0.29) is 29.3 Å². The van der Waals surface area contributed by atoms with Crippen molar-refractivity contribution in [2.45, 2.75) is 58.5 Å². The molecule has 0 fully saturated rings. The van der Waals surface area contributed by atoms with Crippen LogP contribution in [0.4, 0.5) is 0 Å². The monoisotopic (exact) mass is 330 g/mol. The molecular weight excluding hydrogens is 304 g/mol. The highest BCUT2D eigenvalue weighted by Gasteiger charge is 2.49. The van der Waals surface area contributed by atoms with Gasteiger partial charge in [-0.15, -0.1) is 0 Å². The van der Waals surface area contributed by atoms with Gasteiger partial charge in [-0.2, -0.15) is 0 Å². The van der Waals surface area contributed by atoms with Gasteiger partial charge in [-0.25, -0.2) is 0 Å². The number of carbonyl (C=O) groups is 2. The first-order valence-electron chi connectivity index (χ1n) is 8.32. The molecule has 4 heteroatoms. The van der Waals surface area contributed by atoms with E-state index in [0.29, 0.717) is 5.92 Å². The number of aliphatic hydroxyl groups is 2. The Hall–Kier alpha value is -1.94. The third kappa shape index (κ3) is 3.29. The molecule has 0 saturated carbocycles. The second kappa shape index (κ2) is 6.52. The van der Waals surface area contributed by atoms with E-state index in [1.807, 2.05) is 24.3 Å². The van der Waals surface area contributed by atoms with Crippen LogP contribution in [0.15, 0.2) is 35.6 Å². The van der Waals surface area contributed by atoms with E-state index in [2.05, 4.69) is 13.8 Å². The van der Waals surface area contributed by atoms with Crippen LogP contribution in [0.2, 0.25) is 0 Å². The Morgan fingerprint density at radius 1 is 1.17 bits per heavy atom. The molecule has 2 rings (SSSR count). The van der Waals surface area contributed by atoms with Crippen molar-refractivity contribution in [1.29, 1.82) is 0 Å².